The molecule has 0 radical (unpaired) electrons. The van der Waals surface area contributed by atoms with E-state index < -0.39 is 0 Å². The van der Waals surface area contributed by atoms with Gasteiger partial charge < -0.3 is 9.47 Å². The van der Waals surface area contributed by atoms with Crippen molar-refractivity contribution < 1.29 is 14.3 Å². The fourth-order valence-corrected chi connectivity index (χ4v) is 1.95. The van der Waals surface area contributed by atoms with E-state index in [-0.39, 0.29) is 5.78 Å². The highest BCUT2D eigenvalue weighted by atomic mass is 16.5. The van der Waals surface area contributed by atoms with E-state index in [4.69, 9.17) is 9.47 Å². The van der Waals surface area contributed by atoms with Gasteiger partial charge in [0.2, 0.25) is 5.88 Å². The number of Topliss-reactive ketones (excluding diaryl/α,β-unsaturated/α-hetero) is 1. The first kappa shape index (κ1) is 15.0. The van der Waals surface area contributed by atoms with Crippen molar-refractivity contribution in [2.75, 3.05) is 14.2 Å². The molecule has 21 heavy (non-hydrogen) atoms. The van der Waals surface area contributed by atoms with Gasteiger partial charge in [-0.05, 0) is 24.1 Å². The van der Waals surface area contributed by atoms with Gasteiger partial charge in [-0.1, -0.05) is 12.1 Å². The Kier molecular flexibility index (Phi) is 5.26. The summed E-state index contributed by atoms with van der Waals surface area (Å²) in [5, 5.41) is 0. The van der Waals surface area contributed by atoms with Crippen LogP contribution >= 0.6 is 0 Å². The van der Waals surface area contributed by atoms with Crippen LogP contribution in [0.2, 0.25) is 0 Å². The van der Waals surface area contributed by atoms with E-state index >= 15 is 0 Å². The van der Waals surface area contributed by atoms with Gasteiger partial charge in [-0.3, -0.25) is 4.79 Å². The number of carbonyl (C=O) groups excluding carboxylic acids is 1. The Hall–Kier alpha value is -2.43. The van der Waals surface area contributed by atoms with Crippen LogP contribution in [-0.2, 0) is 17.6 Å². The van der Waals surface area contributed by atoms with Crippen LogP contribution in [0.15, 0.2) is 36.7 Å². The number of ether oxygens (including phenoxy) is 2. The lowest BCUT2D eigenvalue weighted by atomic mass is 10.0. The zero-order chi connectivity index (χ0) is 15.1. The van der Waals surface area contributed by atoms with Gasteiger partial charge in [0.1, 0.15) is 17.9 Å². The third kappa shape index (κ3) is 4.56. The Morgan fingerprint density at radius 1 is 1.10 bits per heavy atom. The van der Waals surface area contributed by atoms with E-state index in [0.29, 0.717) is 30.8 Å². The first-order valence-electron chi connectivity index (χ1n) is 6.71. The Bertz CT molecular complexity index is 597. The topological polar surface area (TPSA) is 61.3 Å². The molecule has 0 saturated carbocycles. The normalized spacial score (nSPS) is 10.2. The second kappa shape index (κ2) is 7.38. The van der Waals surface area contributed by atoms with Crippen molar-refractivity contribution in [3.05, 3.63) is 47.9 Å². The molecule has 1 aromatic heterocycles. The number of carbonyl (C=O) groups is 1. The number of aromatic nitrogens is 2. The number of hydrogen-bond acceptors (Lipinski definition) is 5. The molecule has 2 aromatic rings. The summed E-state index contributed by atoms with van der Waals surface area (Å²) < 4.78 is 10.1. The Morgan fingerprint density at radius 2 is 1.86 bits per heavy atom. The predicted molar refractivity (Wildman–Crippen MR) is 78.6 cm³/mol. The fraction of sp³-hybridized carbons (Fsp3) is 0.312. The summed E-state index contributed by atoms with van der Waals surface area (Å²) >= 11 is 0. The maximum Gasteiger partial charge on any atom is 0.216 e. The molecule has 5 heteroatoms. The molecular weight excluding hydrogens is 268 g/mol. The molecule has 0 spiro atoms. The molecule has 2 rings (SSSR count). The number of nitrogens with zero attached hydrogens (tertiary/aromatic N) is 2. The fourth-order valence-electron chi connectivity index (χ4n) is 1.95. The molecule has 0 atom stereocenters. The van der Waals surface area contributed by atoms with Crippen molar-refractivity contribution in [2.24, 2.45) is 0 Å². The van der Waals surface area contributed by atoms with Crippen molar-refractivity contribution >= 4 is 5.78 Å². The number of methoxy groups -OCH3 is 2. The number of rotatable bonds is 7. The predicted octanol–water partition coefficient (Wildman–Crippen LogP) is 2.24. The quantitative estimate of drug-likeness (QED) is 0.781. The van der Waals surface area contributed by atoms with Crippen LogP contribution in [0.4, 0.5) is 0 Å². The summed E-state index contributed by atoms with van der Waals surface area (Å²) in [7, 11) is 3.17. The van der Waals surface area contributed by atoms with E-state index in [1.807, 2.05) is 24.3 Å². The molecule has 0 aliphatic rings. The molecule has 0 fully saturated rings. The second-order valence-corrected chi connectivity index (χ2v) is 4.62. The standard InChI is InChI=1S/C16H18N2O3/c1-20-15-7-4-12(5-8-15)3-6-14(19)9-13-10-16(21-2)18-11-17-13/h4-5,7-8,10-11H,3,6,9H2,1-2H3. The van der Waals surface area contributed by atoms with Crippen LogP contribution in [-0.4, -0.2) is 30.0 Å². The summed E-state index contributed by atoms with van der Waals surface area (Å²) in [5.74, 6) is 1.44. The average molecular weight is 286 g/mol. The third-order valence-corrected chi connectivity index (χ3v) is 3.14. The van der Waals surface area contributed by atoms with Gasteiger partial charge in [0.05, 0.1) is 19.9 Å². The minimum Gasteiger partial charge on any atom is -0.497 e. The van der Waals surface area contributed by atoms with Crippen molar-refractivity contribution in [1.82, 2.24) is 9.97 Å². The highest BCUT2D eigenvalue weighted by molar-refractivity contribution is 5.80. The van der Waals surface area contributed by atoms with Gasteiger partial charge in [-0.15, -0.1) is 0 Å². The monoisotopic (exact) mass is 286 g/mol. The van der Waals surface area contributed by atoms with Crippen LogP contribution in [0, 0.1) is 0 Å². The average Bonchev–Trinajstić information content (AvgIpc) is 2.53. The van der Waals surface area contributed by atoms with E-state index in [9.17, 15) is 4.79 Å². The number of benzene rings is 1. The van der Waals surface area contributed by atoms with Crippen molar-refractivity contribution in [1.29, 1.82) is 0 Å². The summed E-state index contributed by atoms with van der Waals surface area (Å²) in [6.07, 6.45) is 2.91. The summed E-state index contributed by atoms with van der Waals surface area (Å²) in [6.45, 7) is 0. The zero-order valence-corrected chi connectivity index (χ0v) is 12.2. The van der Waals surface area contributed by atoms with Gasteiger partial charge in [-0.25, -0.2) is 9.97 Å². The van der Waals surface area contributed by atoms with Crippen LogP contribution in [0.25, 0.3) is 0 Å². The molecule has 0 aliphatic carbocycles. The molecule has 110 valence electrons. The maximum absolute atomic E-state index is 12.0. The second-order valence-electron chi connectivity index (χ2n) is 4.62. The molecule has 0 N–H and O–H groups in total. The molecule has 0 saturated heterocycles. The zero-order valence-electron chi connectivity index (χ0n) is 12.2. The molecule has 0 bridgehead atoms. The molecule has 0 unspecified atom stereocenters. The first-order valence-corrected chi connectivity index (χ1v) is 6.71. The number of hydrogen-bond donors (Lipinski definition) is 0. The maximum atomic E-state index is 12.0. The van der Waals surface area contributed by atoms with E-state index in [1.165, 1.54) is 13.4 Å². The van der Waals surface area contributed by atoms with Crippen molar-refractivity contribution in [2.45, 2.75) is 19.3 Å². The molecule has 0 aliphatic heterocycles. The first-order chi connectivity index (χ1) is 10.2. The largest absolute Gasteiger partial charge is 0.497 e. The minimum absolute atomic E-state index is 0.145. The van der Waals surface area contributed by atoms with Gasteiger partial charge in [0.15, 0.2) is 0 Å². The highest BCUT2D eigenvalue weighted by Gasteiger charge is 2.07. The van der Waals surface area contributed by atoms with Crippen LogP contribution in [0.5, 0.6) is 11.6 Å². The molecule has 0 amide bonds. The Balaban J connectivity index is 1.86. The molecular formula is C16H18N2O3. The number of ketones is 1. The molecule has 1 aromatic carbocycles. The van der Waals surface area contributed by atoms with Crippen LogP contribution in [0.1, 0.15) is 17.7 Å². The summed E-state index contributed by atoms with van der Waals surface area (Å²) in [6, 6.07) is 9.43. The lowest BCUT2D eigenvalue weighted by Gasteiger charge is -2.04. The van der Waals surface area contributed by atoms with Gasteiger partial charge >= 0.3 is 0 Å². The minimum atomic E-state index is 0.145. The molecule has 1 heterocycles. The third-order valence-electron chi connectivity index (χ3n) is 3.14. The Morgan fingerprint density at radius 3 is 2.52 bits per heavy atom. The smallest absolute Gasteiger partial charge is 0.216 e. The lowest BCUT2D eigenvalue weighted by molar-refractivity contribution is -0.118. The van der Waals surface area contributed by atoms with Crippen LogP contribution < -0.4 is 9.47 Å². The Labute approximate surface area is 124 Å². The number of aryl methyl sites for hydroxylation is 1. The molecule has 5 nitrogen and oxygen atoms in total. The van der Waals surface area contributed by atoms with Crippen LogP contribution in [0.3, 0.4) is 0 Å². The lowest BCUT2D eigenvalue weighted by Crippen LogP contribution is -2.06. The highest BCUT2D eigenvalue weighted by Crippen LogP contribution is 2.13. The van der Waals surface area contributed by atoms with Gasteiger partial charge in [-0.2, -0.15) is 0 Å². The SMILES string of the molecule is COc1ccc(CCC(=O)Cc2cc(OC)ncn2)cc1. The van der Waals surface area contributed by atoms with E-state index in [0.717, 1.165) is 11.3 Å². The van der Waals surface area contributed by atoms with E-state index in [2.05, 4.69) is 9.97 Å². The van der Waals surface area contributed by atoms with Crippen molar-refractivity contribution in [3.63, 3.8) is 0 Å². The van der Waals surface area contributed by atoms with Gasteiger partial charge in [0, 0.05) is 18.9 Å². The van der Waals surface area contributed by atoms with Crippen molar-refractivity contribution in [3.8, 4) is 11.6 Å². The van der Waals surface area contributed by atoms with E-state index in [1.54, 1.807) is 13.2 Å². The summed E-state index contributed by atoms with van der Waals surface area (Å²) in [4.78, 5) is 20.0. The summed E-state index contributed by atoms with van der Waals surface area (Å²) in [5.41, 5.74) is 1.80. The van der Waals surface area contributed by atoms with Gasteiger partial charge in [0.25, 0.3) is 0 Å².